The quantitative estimate of drug-likeness (QED) is 0.784. The fraction of sp³-hybridized carbons (Fsp3) is 0.176. The zero-order chi connectivity index (χ0) is 15.4. The summed E-state index contributed by atoms with van der Waals surface area (Å²) in [6, 6.07) is 15.0. The SMILES string of the molecule is C[C@@H](NC(=O)Cc1cc(-c2ccco2)on1)c1ccccc1. The molecule has 0 aliphatic carbocycles. The molecule has 5 heteroatoms. The Bertz CT molecular complexity index is 732. The summed E-state index contributed by atoms with van der Waals surface area (Å²) >= 11 is 0. The molecule has 0 saturated carbocycles. The van der Waals surface area contributed by atoms with Gasteiger partial charge in [0.25, 0.3) is 0 Å². The Morgan fingerprint density at radius 2 is 2.00 bits per heavy atom. The van der Waals surface area contributed by atoms with Crippen molar-refractivity contribution < 1.29 is 13.7 Å². The van der Waals surface area contributed by atoms with Crippen LogP contribution in [0, 0.1) is 0 Å². The Morgan fingerprint density at radius 1 is 1.18 bits per heavy atom. The number of nitrogens with zero attached hydrogens (tertiary/aromatic N) is 1. The largest absolute Gasteiger partial charge is 0.461 e. The van der Waals surface area contributed by atoms with Gasteiger partial charge < -0.3 is 14.3 Å². The van der Waals surface area contributed by atoms with Gasteiger partial charge in [-0.3, -0.25) is 4.79 Å². The zero-order valence-electron chi connectivity index (χ0n) is 12.2. The molecule has 0 unspecified atom stereocenters. The number of hydrogen-bond acceptors (Lipinski definition) is 4. The number of nitrogens with one attached hydrogen (secondary N) is 1. The second-order valence-corrected chi connectivity index (χ2v) is 5.04. The Balaban J connectivity index is 1.60. The van der Waals surface area contributed by atoms with Gasteiger partial charge in [0.05, 0.1) is 24.4 Å². The molecule has 0 saturated heterocycles. The van der Waals surface area contributed by atoms with Gasteiger partial charge in [-0.2, -0.15) is 0 Å². The van der Waals surface area contributed by atoms with Crippen LogP contribution in [0.3, 0.4) is 0 Å². The van der Waals surface area contributed by atoms with E-state index in [2.05, 4.69) is 10.5 Å². The highest BCUT2D eigenvalue weighted by atomic mass is 16.5. The minimum Gasteiger partial charge on any atom is -0.461 e. The molecule has 1 N–H and O–H groups in total. The van der Waals surface area contributed by atoms with Crippen LogP contribution in [0.5, 0.6) is 0 Å². The maximum atomic E-state index is 12.1. The standard InChI is InChI=1S/C17H16N2O3/c1-12(13-6-3-2-4-7-13)18-17(20)11-14-10-16(22-19-14)15-8-5-9-21-15/h2-10,12H,11H2,1H3,(H,18,20)/t12-/m1/s1. The molecule has 2 aromatic heterocycles. The number of benzene rings is 1. The first-order valence-corrected chi connectivity index (χ1v) is 7.06. The first kappa shape index (κ1) is 14.1. The number of amides is 1. The van der Waals surface area contributed by atoms with Crippen molar-refractivity contribution in [2.75, 3.05) is 0 Å². The Labute approximate surface area is 127 Å². The molecule has 3 aromatic rings. The van der Waals surface area contributed by atoms with Crippen molar-refractivity contribution in [3.8, 4) is 11.5 Å². The lowest BCUT2D eigenvalue weighted by Gasteiger charge is -2.13. The molecule has 0 radical (unpaired) electrons. The monoisotopic (exact) mass is 296 g/mol. The van der Waals surface area contributed by atoms with E-state index in [0.717, 1.165) is 5.56 Å². The van der Waals surface area contributed by atoms with Gasteiger partial charge in [0.15, 0.2) is 5.76 Å². The number of hydrogen-bond donors (Lipinski definition) is 1. The molecule has 5 nitrogen and oxygen atoms in total. The lowest BCUT2D eigenvalue weighted by atomic mass is 10.1. The average molecular weight is 296 g/mol. The van der Waals surface area contributed by atoms with Crippen molar-refractivity contribution >= 4 is 5.91 Å². The van der Waals surface area contributed by atoms with Gasteiger partial charge >= 0.3 is 0 Å². The van der Waals surface area contributed by atoms with E-state index in [1.54, 1.807) is 24.5 Å². The second kappa shape index (κ2) is 6.30. The predicted octanol–water partition coefficient (Wildman–Crippen LogP) is 3.35. The molecule has 3 rings (SSSR count). The molecule has 0 aliphatic rings. The highest BCUT2D eigenvalue weighted by molar-refractivity contribution is 5.78. The molecule has 22 heavy (non-hydrogen) atoms. The van der Waals surface area contributed by atoms with Crippen LogP contribution in [0.25, 0.3) is 11.5 Å². The highest BCUT2D eigenvalue weighted by Gasteiger charge is 2.14. The summed E-state index contributed by atoms with van der Waals surface area (Å²) in [5.74, 6) is 1.01. The summed E-state index contributed by atoms with van der Waals surface area (Å²) in [5, 5.41) is 6.84. The molecule has 1 aromatic carbocycles. The van der Waals surface area contributed by atoms with E-state index in [4.69, 9.17) is 8.94 Å². The molecule has 0 spiro atoms. The zero-order valence-corrected chi connectivity index (χ0v) is 12.2. The maximum Gasteiger partial charge on any atom is 0.226 e. The summed E-state index contributed by atoms with van der Waals surface area (Å²) in [7, 11) is 0. The first-order chi connectivity index (χ1) is 10.7. The summed E-state index contributed by atoms with van der Waals surface area (Å²) in [6.45, 7) is 1.95. The molecule has 1 amide bonds. The van der Waals surface area contributed by atoms with E-state index in [9.17, 15) is 4.79 Å². The molecule has 0 fully saturated rings. The fourth-order valence-corrected chi connectivity index (χ4v) is 2.21. The van der Waals surface area contributed by atoms with Crippen LogP contribution < -0.4 is 5.32 Å². The molecule has 0 bridgehead atoms. The normalized spacial score (nSPS) is 12.0. The van der Waals surface area contributed by atoms with E-state index < -0.39 is 0 Å². The minimum atomic E-state index is -0.101. The van der Waals surface area contributed by atoms with E-state index in [1.165, 1.54) is 0 Å². The van der Waals surface area contributed by atoms with Gasteiger partial charge in [0.2, 0.25) is 11.7 Å². The van der Waals surface area contributed by atoms with Gasteiger partial charge in [-0.15, -0.1) is 0 Å². The van der Waals surface area contributed by atoms with Crippen LogP contribution in [0.1, 0.15) is 24.2 Å². The molecule has 0 aliphatic heterocycles. The van der Waals surface area contributed by atoms with Crippen LogP contribution in [0.2, 0.25) is 0 Å². The van der Waals surface area contributed by atoms with Crippen molar-refractivity contribution in [1.82, 2.24) is 10.5 Å². The Morgan fingerprint density at radius 3 is 2.73 bits per heavy atom. The van der Waals surface area contributed by atoms with Crippen LogP contribution in [-0.2, 0) is 11.2 Å². The predicted molar refractivity (Wildman–Crippen MR) is 80.9 cm³/mol. The summed E-state index contributed by atoms with van der Waals surface area (Å²) in [5.41, 5.74) is 1.64. The van der Waals surface area contributed by atoms with E-state index >= 15 is 0 Å². The molecular weight excluding hydrogens is 280 g/mol. The van der Waals surface area contributed by atoms with Crippen LogP contribution in [-0.4, -0.2) is 11.1 Å². The maximum absolute atomic E-state index is 12.1. The first-order valence-electron chi connectivity index (χ1n) is 7.06. The highest BCUT2D eigenvalue weighted by Crippen LogP contribution is 2.20. The number of carbonyl (C=O) groups excluding carboxylic acids is 1. The smallest absolute Gasteiger partial charge is 0.226 e. The molecule has 1 atom stereocenters. The summed E-state index contributed by atoms with van der Waals surface area (Å²) in [4.78, 5) is 12.1. The van der Waals surface area contributed by atoms with Crippen LogP contribution in [0.15, 0.2) is 63.7 Å². The third-order valence-corrected chi connectivity index (χ3v) is 3.34. The van der Waals surface area contributed by atoms with Crippen molar-refractivity contribution in [1.29, 1.82) is 0 Å². The van der Waals surface area contributed by atoms with Gasteiger partial charge in [0.1, 0.15) is 0 Å². The third-order valence-electron chi connectivity index (χ3n) is 3.34. The topological polar surface area (TPSA) is 68.3 Å². The molecule has 2 heterocycles. The van der Waals surface area contributed by atoms with Crippen LogP contribution >= 0.6 is 0 Å². The number of aromatic nitrogens is 1. The Hall–Kier alpha value is -2.82. The third kappa shape index (κ3) is 3.25. The van der Waals surface area contributed by atoms with E-state index in [-0.39, 0.29) is 18.4 Å². The van der Waals surface area contributed by atoms with E-state index in [0.29, 0.717) is 17.2 Å². The van der Waals surface area contributed by atoms with Crippen molar-refractivity contribution in [3.05, 3.63) is 66.1 Å². The molecule has 112 valence electrons. The number of carbonyl (C=O) groups is 1. The van der Waals surface area contributed by atoms with Crippen molar-refractivity contribution in [3.63, 3.8) is 0 Å². The van der Waals surface area contributed by atoms with Crippen molar-refractivity contribution in [2.24, 2.45) is 0 Å². The minimum absolute atomic E-state index is 0.0508. The average Bonchev–Trinajstić information content (AvgIpc) is 3.19. The second-order valence-electron chi connectivity index (χ2n) is 5.04. The van der Waals surface area contributed by atoms with Crippen LogP contribution in [0.4, 0.5) is 0 Å². The fourth-order valence-electron chi connectivity index (χ4n) is 2.21. The number of furan rings is 1. The van der Waals surface area contributed by atoms with Crippen molar-refractivity contribution in [2.45, 2.75) is 19.4 Å². The Kier molecular flexibility index (Phi) is 4.05. The number of rotatable bonds is 5. The molecular formula is C17H16N2O3. The van der Waals surface area contributed by atoms with E-state index in [1.807, 2.05) is 37.3 Å². The van der Waals surface area contributed by atoms with Gasteiger partial charge in [-0.1, -0.05) is 35.5 Å². The van der Waals surface area contributed by atoms with Gasteiger partial charge in [-0.05, 0) is 24.6 Å². The van der Waals surface area contributed by atoms with Gasteiger partial charge in [-0.25, -0.2) is 0 Å². The lowest BCUT2D eigenvalue weighted by molar-refractivity contribution is -0.121. The lowest BCUT2D eigenvalue weighted by Crippen LogP contribution is -2.28. The summed E-state index contributed by atoms with van der Waals surface area (Å²) < 4.78 is 10.4. The summed E-state index contributed by atoms with van der Waals surface area (Å²) in [6.07, 6.45) is 1.73. The van der Waals surface area contributed by atoms with Gasteiger partial charge in [0, 0.05) is 6.07 Å².